The Morgan fingerprint density at radius 1 is 1.04 bits per heavy atom. The van der Waals surface area contributed by atoms with Crippen molar-refractivity contribution in [1.29, 1.82) is 0 Å². The number of aryl methyl sites for hydroxylation is 1. The normalized spacial score (nSPS) is 20.4. The van der Waals surface area contributed by atoms with E-state index in [-0.39, 0.29) is 17.6 Å². The number of hydrogen-bond acceptors (Lipinski definition) is 2. The lowest BCUT2D eigenvalue weighted by Crippen LogP contribution is -2.40. The first-order chi connectivity index (χ1) is 12.6. The molecule has 0 saturated carbocycles. The van der Waals surface area contributed by atoms with Crippen LogP contribution in [0.3, 0.4) is 0 Å². The van der Waals surface area contributed by atoms with Crippen LogP contribution >= 0.6 is 11.6 Å². The van der Waals surface area contributed by atoms with Gasteiger partial charge in [0.25, 0.3) is 0 Å². The number of benzene rings is 2. The van der Waals surface area contributed by atoms with Crippen molar-refractivity contribution in [3.63, 3.8) is 0 Å². The molecular formula is C22H20ClNO2. The molecular weight excluding hydrogens is 346 g/mol. The van der Waals surface area contributed by atoms with Crippen molar-refractivity contribution >= 4 is 29.0 Å². The molecule has 1 unspecified atom stereocenters. The summed E-state index contributed by atoms with van der Waals surface area (Å²) in [6.45, 7) is 1.97. The second-order valence-corrected chi connectivity index (χ2v) is 7.40. The van der Waals surface area contributed by atoms with Gasteiger partial charge in [0.05, 0.1) is 5.69 Å². The number of rotatable bonds is 2. The Bertz CT molecular complexity index is 917. The summed E-state index contributed by atoms with van der Waals surface area (Å²) in [6, 6.07) is 15.4. The summed E-state index contributed by atoms with van der Waals surface area (Å²) in [4.78, 5) is 27.7. The van der Waals surface area contributed by atoms with E-state index in [1.807, 2.05) is 55.5 Å². The molecule has 1 aliphatic heterocycles. The van der Waals surface area contributed by atoms with Crippen LogP contribution in [0.25, 0.3) is 0 Å². The van der Waals surface area contributed by atoms with Crippen molar-refractivity contribution in [3.05, 3.63) is 76.0 Å². The molecule has 2 aliphatic rings. The zero-order valence-electron chi connectivity index (χ0n) is 14.7. The molecule has 0 N–H and O–H groups in total. The fraction of sp³-hybridized carbons (Fsp3) is 0.273. The molecule has 1 heterocycles. The van der Waals surface area contributed by atoms with Gasteiger partial charge in [0.1, 0.15) is 0 Å². The highest BCUT2D eigenvalue weighted by Gasteiger charge is 2.39. The Labute approximate surface area is 158 Å². The molecule has 2 aromatic rings. The van der Waals surface area contributed by atoms with Crippen LogP contribution in [0, 0.1) is 6.92 Å². The molecule has 0 aromatic heterocycles. The molecule has 0 bridgehead atoms. The summed E-state index contributed by atoms with van der Waals surface area (Å²) in [5.74, 6) is 0.0391. The summed E-state index contributed by atoms with van der Waals surface area (Å²) in [7, 11) is 0. The number of hydrogen-bond donors (Lipinski definition) is 0. The predicted molar refractivity (Wildman–Crippen MR) is 103 cm³/mol. The molecule has 0 saturated heterocycles. The topological polar surface area (TPSA) is 37.4 Å². The molecule has 132 valence electrons. The van der Waals surface area contributed by atoms with Crippen molar-refractivity contribution in [2.24, 2.45) is 0 Å². The van der Waals surface area contributed by atoms with Gasteiger partial charge in [0.2, 0.25) is 5.91 Å². The summed E-state index contributed by atoms with van der Waals surface area (Å²) < 4.78 is 0. The Balaban J connectivity index is 1.90. The third-order valence-electron chi connectivity index (χ3n) is 5.29. The fourth-order valence-corrected chi connectivity index (χ4v) is 4.23. The predicted octanol–water partition coefficient (Wildman–Crippen LogP) is 5.18. The van der Waals surface area contributed by atoms with Crippen LogP contribution in [0.5, 0.6) is 0 Å². The van der Waals surface area contributed by atoms with Crippen LogP contribution in [-0.2, 0) is 9.59 Å². The number of nitrogens with zero attached hydrogens (tertiary/aromatic N) is 1. The molecule has 0 spiro atoms. The number of carbonyl (C=O) groups excluding carboxylic acids is 2. The largest absolute Gasteiger partial charge is 0.294 e. The number of allylic oxidation sites excluding steroid dienone is 2. The summed E-state index contributed by atoms with van der Waals surface area (Å²) in [5.41, 5.74) is 4.46. The lowest BCUT2D eigenvalue weighted by Gasteiger charge is -2.39. The average molecular weight is 366 g/mol. The monoisotopic (exact) mass is 365 g/mol. The van der Waals surface area contributed by atoms with E-state index in [2.05, 4.69) is 0 Å². The first-order valence-corrected chi connectivity index (χ1v) is 9.34. The molecule has 4 rings (SSSR count). The van der Waals surface area contributed by atoms with E-state index in [1.54, 1.807) is 4.90 Å². The molecule has 2 aromatic carbocycles. The highest BCUT2D eigenvalue weighted by atomic mass is 35.5. The van der Waals surface area contributed by atoms with Crippen LogP contribution in [0.2, 0.25) is 5.02 Å². The smallest absolute Gasteiger partial charge is 0.232 e. The molecule has 0 radical (unpaired) electrons. The van der Waals surface area contributed by atoms with Crippen molar-refractivity contribution in [3.8, 4) is 0 Å². The quantitative estimate of drug-likeness (QED) is 0.735. The highest BCUT2D eigenvalue weighted by Crippen LogP contribution is 2.44. The van der Waals surface area contributed by atoms with Crippen molar-refractivity contribution in [2.75, 3.05) is 4.90 Å². The Kier molecular flexibility index (Phi) is 4.41. The van der Waals surface area contributed by atoms with Gasteiger partial charge in [-0.05, 0) is 43.0 Å². The minimum atomic E-state index is -0.151. The fourth-order valence-electron chi connectivity index (χ4n) is 4.07. The van der Waals surface area contributed by atoms with E-state index >= 15 is 0 Å². The number of amides is 1. The number of Topliss-reactive ketones (excluding diaryl/α,β-unsaturated/α-hetero) is 1. The Morgan fingerprint density at radius 2 is 1.81 bits per heavy atom. The van der Waals surface area contributed by atoms with Gasteiger partial charge in [-0.1, -0.05) is 48.0 Å². The molecule has 26 heavy (non-hydrogen) atoms. The number of anilines is 1. The van der Waals surface area contributed by atoms with Gasteiger partial charge in [0.15, 0.2) is 5.78 Å². The second-order valence-electron chi connectivity index (χ2n) is 6.96. The molecule has 0 fully saturated rings. The van der Waals surface area contributed by atoms with E-state index in [9.17, 15) is 9.59 Å². The van der Waals surface area contributed by atoms with Crippen LogP contribution in [0.4, 0.5) is 5.69 Å². The second kappa shape index (κ2) is 6.73. The van der Waals surface area contributed by atoms with Crippen molar-refractivity contribution in [1.82, 2.24) is 0 Å². The number of carbonyl (C=O) groups is 2. The van der Waals surface area contributed by atoms with Crippen molar-refractivity contribution < 1.29 is 9.59 Å². The van der Waals surface area contributed by atoms with Gasteiger partial charge < -0.3 is 0 Å². The lowest BCUT2D eigenvalue weighted by molar-refractivity contribution is -0.119. The molecule has 3 nitrogen and oxygen atoms in total. The lowest BCUT2D eigenvalue weighted by atomic mass is 9.77. The maximum atomic E-state index is 13.1. The standard InChI is InChI=1S/C22H20ClNO2/c1-14-10-11-16(23)12-19(14)24-18-8-5-9-20(25)22(18)17(13-21(24)26)15-6-3-2-4-7-15/h2-4,6-7,10-12,17H,5,8-9,13H2,1H3. The molecule has 1 aliphatic carbocycles. The minimum Gasteiger partial charge on any atom is -0.294 e. The van der Waals surface area contributed by atoms with E-state index < -0.39 is 0 Å². The first-order valence-electron chi connectivity index (χ1n) is 8.96. The van der Waals surface area contributed by atoms with Crippen LogP contribution in [0.15, 0.2) is 59.8 Å². The van der Waals surface area contributed by atoms with E-state index in [4.69, 9.17) is 11.6 Å². The van der Waals surface area contributed by atoms with Crippen LogP contribution in [-0.4, -0.2) is 11.7 Å². The maximum absolute atomic E-state index is 13.1. The summed E-state index contributed by atoms with van der Waals surface area (Å²) in [5, 5.41) is 0.591. The van der Waals surface area contributed by atoms with Gasteiger partial charge in [-0.25, -0.2) is 0 Å². The average Bonchev–Trinajstić information content (AvgIpc) is 2.64. The van der Waals surface area contributed by atoms with E-state index in [0.29, 0.717) is 17.9 Å². The van der Waals surface area contributed by atoms with E-state index in [1.165, 1.54) is 0 Å². The van der Waals surface area contributed by atoms with Gasteiger partial charge in [-0.15, -0.1) is 0 Å². The van der Waals surface area contributed by atoms with Gasteiger partial charge >= 0.3 is 0 Å². The van der Waals surface area contributed by atoms with Gasteiger partial charge in [-0.3, -0.25) is 14.5 Å². The maximum Gasteiger partial charge on any atom is 0.232 e. The third kappa shape index (κ3) is 2.86. The zero-order valence-corrected chi connectivity index (χ0v) is 15.4. The van der Waals surface area contributed by atoms with Gasteiger partial charge in [-0.2, -0.15) is 0 Å². The Morgan fingerprint density at radius 3 is 2.58 bits per heavy atom. The third-order valence-corrected chi connectivity index (χ3v) is 5.52. The van der Waals surface area contributed by atoms with Gasteiger partial charge in [0, 0.05) is 35.1 Å². The minimum absolute atomic E-state index is 0.0256. The number of halogens is 1. The Hall–Kier alpha value is -2.39. The number of ketones is 1. The molecule has 4 heteroatoms. The summed E-state index contributed by atoms with van der Waals surface area (Å²) >= 11 is 6.19. The first kappa shape index (κ1) is 17.0. The highest BCUT2D eigenvalue weighted by molar-refractivity contribution is 6.31. The molecule has 1 amide bonds. The molecule has 1 atom stereocenters. The van der Waals surface area contributed by atoms with Crippen LogP contribution in [0.1, 0.15) is 42.7 Å². The van der Waals surface area contributed by atoms with Crippen LogP contribution < -0.4 is 4.90 Å². The van der Waals surface area contributed by atoms with E-state index in [0.717, 1.165) is 40.9 Å². The summed E-state index contributed by atoms with van der Waals surface area (Å²) in [6.07, 6.45) is 2.38. The zero-order chi connectivity index (χ0) is 18.3. The van der Waals surface area contributed by atoms with Crippen molar-refractivity contribution in [2.45, 2.75) is 38.5 Å². The SMILES string of the molecule is Cc1ccc(Cl)cc1N1C(=O)CC(c2ccccc2)C2=C1CCCC2=O.